The molecule has 0 aliphatic rings. The molecule has 4 heteroatoms. The lowest BCUT2D eigenvalue weighted by molar-refractivity contribution is 0.413. The molecule has 2 rings (SSSR count). The number of hydrogen-bond acceptors (Lipinski definition) is 3. The van der Waals surface area contributed by atoms with Crippen LogP contribution in [0.25, 0.3) is 0 Å². The van der Waals surface area contributed by atoms with Crippen molar-refractivity contribution in [3.63, 3.8) is 0 Å². The molecule has 1 heterocycles. The van der Waals surface area contributed by atoms with E-state index in [1.807, 2.05) is 17.4 Å². The maximum atomic E-state index is 5.29. The van der Waals surface area contributed by atoms with Gasteiger partial charge < -0.3 is 10.1 Å². The van der Waals surface area contributed by atoms with Crippen molar-refractivity contribution in [3.05, 3.63) is 50.6 Å². The number of nitrogens with one attached hydrogen (secondary N) is 1. The van der Waals surface area contributed by atoms with Gasteiger partial charge in [0.25, 0.3) is 0 Å². The third-order valence-corrected chi connectivity index (χ3v) is 4.90. The normalized spacial score (nSPS) is 12.3. The largest absolute Gasteiger partial charge is 0.497 e. The van der Waals surface area contributed by atoms with Crippen LogP contribution in [0.2, 0.25) is 0 Å². The van der Waals surface area contributed by atoms with E-state index < -0.39 is 0 Å². The number of hydrogen-bond donors (Lipinski definition) is 1. The summed E-state index contributed by atoms with van der Waals surface area (Å²) in [5.74, 6) is 0.927. The lowest BCUT2D eigenvalue weighted by atomic mass is 10.0. The molecule has 108 valence electrons. The van der Waals surface area contributed by atoms with E-state index in [1.54, 1.807) is 7.11 Å². The van der Waals surface area contributed by atoms with Gasteiger partial charge in [-0.2, -0.15) is 0 Å². The molecular formula is C16H20BrNOS. The minimum Gasteiger partial charge on any atom is -0.497 e. The number of likely N-dealkylation sites (N-methyl/N-ethyl adjacent to an activating group) is 1. The van der Waals surface area contributed by atoms with E-state index in [2.05, 4.69) is 57.8 Å². The predicted octanol–water partition coefficient (Wildman–Crippen LogP) is 4.28. The molecule has 0 amide bonds. The first-order chi connectivity index (χ1) is 9.71. The molecule has 0 radical (unpaired) electrons. The summed E-state index contributed by atoms with van der Waals surface area (Å²) in [7, 11) is 1.71. The van der Waals surface area contributed by atoms with Crippen molar-refractivity contribution >= 4 is 27.3 Å². The van der Waals surface area contributed by atoms with Crippen LogP contribution in [0.4, 0.5) is 0 Å². The van der Waals surface area contributed by atoms with Crippen LogP contribution in [0.3, 0.4) is 0 Å². The molecule has 1 aromatic heterocycles. The molecule has 1 aromatic carbocycles. The van der Waals surface area contributed by atoms with E-state index in [4.69, 9.17) is 4.74 Å². The summed E-state index contributed by atoms with van der Waals surface area (Å²) in [5.41, 5.74) is 1.31. The SMILES string of the molecule is CCNC(Cc1cccc(OC)c1)Cc1cc(Br)cs1. The zero-order valence-corrected chi connectivity index (χ0v) is 14.3. The van der Waals surface area contributed by atoms with Crippen LogP contribution in [0.1, 0.15) is 17.4 Å². The lowest BCUT2D eigenvalue weighted by Gasteiger charge is -2.17. The molecule has 0 saturated heterocycles. The monoisotopic (exact) mass is 353 g/mol. The fraction of sp³-hybridized carbons (Fsp3) is 0.375. The average Bonchev–Trinajstić information content (AvgIpc) is 2.84. The van der Waals surface area contributed by atoms with Gasteiger partial charge in [0, 0.05) is 20.8 Å². The zero-order chi connectivity index (χ0) is 14.4. The summed E-state index contributed by atoms with van der Waals surface area (Å²) < 4.78 is 6.47. The number of thiophene rings is 1. The molecule has 0 spiro atoms. The molecule has 1 unspecified atom stereocenters. The van der Waals surface area contributed by atoms with Crippen LogP contribution >= 0.6 is 27.3 Å². The van der Waals surface area contributed by atoms with Gasteiger partial charge in [0.2, 0.25) is 0 Å². The Bertz CT molecular complexity index is 541. The Morgan fingerprint density at radius 1 is 1.30 bits per heavy atom. The second-order valence-electron chi connectivity index (χ2n) is 4.75. The molecule has 0 bridgehead atoms. The summed E-state index contributed by atoms with van der Waals surface area (Å²) in [6.45, 7) is 3.14. The van der Waals surface area contributed by atoms with Gasteiger partial charge in [0.15, 0.2) is 0 Å². The first kappa shape index (κ1) is 15.5. The van der Waals surface area contributed by atoms with Crippen molar-refractivity contribution in [2.75, 3.05) is 13.7 Å². The van der Waals surface area contributed by atoms with Gasteiger partial charge in [-0.1, -0.05) is 19.1 Å². The Balaban J connectivity index is 2.04. The molecule has 1 N–H and O–H groups in total. The standard InChI is InChI=1S/C16H20BrNOS/c1-3-18-14(10-16-9-13(17)11-20-16)7-12-5-4-6-15(8-12)19-2/h4-6,8-9,11,14,18H,3,7,10H2,1-2H3. The maximum absolute atomic E-state index is 5.29. The van der Waals surface area contributed by atoms with E-state index in [1.165, 1.54) is 14.9 Å². The van der Waals surface area contributed by atoms with Crippen LogP contribution in [0.15, 0.2) is 40.2 Å². The van der Waals surface area contributed by atoms with E-state index in [9.17, 15) is 0 Å². The van der Waals surface area contributed by atoms with Gasteiger partial charge in [0.1, 0.15) is 5.75 Å². The fourth-order valence-electron chi connectivity index (χ4n) is 2.29. The Kier molecular flexibility index (Phi) is 6.07. The first-order valence-corrected chi connectivity index (χ1v) is 8.47. The van der Waals surface area contributed by atoms with Gasteiger partial charge in [-0.25, -0.2) is 0 Å². The van der Waals surface area contributed by atoms with E-state index in [0.717, 1.165) is 25.1 Å². The average molecular weight is 354 g/mol. The second kappa shape index (κ2) is 7.81. The Morgan fingerprint density at radius 3 is 2.80 bits per heavy atom. The molecule has 0 fully saturated rings. The molecule has 1 atom stereocenters. The second-order valence-corrected chi connectivity index (χ2v) is 6.66. The lowest BCUT2D eigenvalue weighted by Crippen LogP contribution is -2.32. The van der Waals surface area contributed by atoms with Crippen molar-refractivity contribution in [1.29, 1.82) is 0 Å². The van der Waals surface area contributed by atoms with E-state index in [0.29, 0.717) is 6.04 Å². The first-order valence-electron chi connectivity index (χ1n) is 6.80. The van der Waals surface area contributed by atoms with E-state index >= 15 is 0 Å². The quantitative estimate of drug-likeness (QED) is 0.801. The van der Waals surface area contributed by atoms with Crippen LogP contribution in [-0.4, -0.2) is 19.7 Å². The highest BCUT2D eigenvalue weighted by Gasteiger charge is 2.11. The maximum Gasteiger partial charge on any atom is 0.119 e. The van der Waals surface area contributed by atoms with Gasteiger partial charge in [-0.05, 0) is 59.1 Å². The Labute approximate surface area is 133 Å². The third-order valence-electron chi connectivity index (χ3n) is 3.18. The predicted molar refractivity (Wildman–Crippen MR) is 89.9 cm³/mol. The highest BCUT2D eigenvalue weighted by atomic mass is 79.9. The molecule has 2 nitrogen and oxygen atoms in total. The van der Waals surface area contributed by atoms with Crippen molar-refractivity contribution in [2.24, 2.45) is 0 Å². The smallest absolute Gasteiger partial charge is 0.119 e. The van der Waals surface area contributed by atoms with Crippen LogP contribution in [-0.2, 0) is 12.8 Å². The third kappa shape index (κ3) is 4.62. The van der Waals surface area contributed by atoms with Crippen LogP contribution in [0, 0.1) is 0 Å². The van der Waals surface area contributed by atoms with Crippen molar-refractivity contribution in [3.8, 4) is 5.75 Å². The van der Waals surface area contributed by atoms with Crippen molar-refractivity contribution < 1.29 is 4.74 Å². The number of benzene rings is 1. The van der Waals surface area contributed by atoms with Crippen molar-refractivity contribution in [2.45, 2.75) is 25.8 Å². The molecular weight excluding hydrogens is 334 g/mol. The highest BCUT2D eigenvalue weighted by molar-refractivity contribution is 9.10. The molecule has 2 aromatic rings. The Hall–Kier alpha value is -0.840. The number of halogens is 1. The van der Waals surface area contributed by atoms with Gasteiger partial charge in [-0.15, -0.1) is 11.3 Å². The van der Waals surface area contributed by atoms with Crippen LogP contribution in [0.5, 0.6) is 5.75 Å². The molecule has 0 saturated carbocycles. The summed E-state index contributed by atoms with van der Waals surface area (Å²) in [6.07, 6.45) is 2.07. The molecule has 0 aliphatic carbocycles. The topological polar surface area (TPSA) is 21.3 Å². The van der Waals surface area contributed by atoms with Gasteiger partial charge in [0.05, 0.1) is 7.11 Å². The minimum atomic E-state index is 0.456. The summed E-state index contributed by atoms with van der Waals surface area (Å²) in [5, 5.41) is 5.72. The highest BCUT2D eigenvalue weighted by Crippen LogP contribution is 2.22. The number of methoxy groups -OCH3 is 1. The minimum absolute atomic E-state index is 0.456. The van der Waals surface area contributed by atoms with E-state index in [-0.39, 0.29) is 0 Å². The van der Waals surface area contributed by atoms with Crippen molar-refractivity contribution in [1.82, 2.24) is 5.32 Å². The fourth-order valence-corrected chi connectivity index (χ4v) is 3.83. The van der Waals surface area contributed by atoms with Gasteiger partial charge in [-0.3, -0.25) is 0 Å². The summed E-state index contributed by atoms with van der Waals surface area (Å²) in [6, 6.07) is 11.0. The summed E-state index contributed by atoms with van der Waals surface area (Å²) in [4.78, 5) is 1.41. The molecule has 0 aliphatic heterocycles. The number of ether oxygens (including phenoxy) is 1. The van der Waals surface area contributed by atoms with Crippen LogP contribution < -0.4 is 10.1 Å². The number of rotatable bonds is 7. The zero-order valence-electron chi connectivity index (χ0n) is 11.9. The Morgan fingerprint density at radius 2 is 2.15 bits per heavy atom. The molecule has 20 heavy (non-hydrogen) atoms. The van der Waals surface area contributed by atoms with Gasteiger partial charge >= 0.3 is 0 Å². The summed E-state index contributed by atoms with van der Waals surface area (Å²) >= 11 is 5.33.